The van der Waals surface area contributed by atoms with Gasteiger partial charge in [0.15, 0.2) is 0 Å². The Morgan fingerprint density at radius 1 is 1.41 bits per heavy atom. The first-order valence-electron chi connectivity index (χ1n) is 6.44. The third kappa shape index (κ3) is 5.73. The Labute approximate surface area is 112 Å². The summed E-state index contributed by atoms with van der Waals surface area (Å²) in [6, 6.07) is 0.426. The van der Waals surface area contributed by atoms with Crippen molar-refractivity contribution in [2.75, 3.05) is 19.6 Å². The lowest BCUT2D eigenvalue weighted by Crippen LogP contribution is -2.43. The first-order valence-corrected chi connectivity index (χ1v) is 6.44. The summed E-state index contributed by atoms with van der Waals surface area (Å²) in [4.78, 5) is 14.3. The van der Waals surface area contributed by atoms with E-state index in [1.165, 1.54) is 0 Å². The zero-order valence-electron chi connectivity index (χ0n) is 11.6. The molecule has 1 amide bonds. The highest BCUT2D eigenvalue weighted by atomic mass is 35.5. The Morgan fingerprint density at radius 3 is 2.47 bits per heavy atom. The van der Waals surface area contributed by atoms with Crippen LogP contribution >= 0.6 is 12.4 Å². The molecule has 1 fully saturated rings. The highest BCUT2D eigenvalue weighted by Gasteiger charge is 2.28. The molecule has 1 rings (SSSR count). The highest BCUT2D eigenvalue weighted by Crippen LogP contribution is 2.21. The van der Waals surface area contributed by atoms with Gasteiger partial charge in [0.2, 0.25) is 5.91 Å². The van der Waals surface area contributed by atoms with Crippen molar-refractivity contribution < 1.29 is 4.79 Å². The van der Waals surface area contributed by atoms with Crippen LogP contribution in [0.15, 0.2) is 0 Å². The maximum atomic E-state index is 12.2. The van der Waals surface area contributed by atoms with Crippen molar-refractivity contribution in [2.45, 2.75) is 53.0 Å². The van der Waals surface area contributed by atoms with Gasteiger partial charge in [0.1, 0.15) is 0 Å². The molecule has 1 heterocycles. The number of nitrogens with one attached hydrogen (secondary N) is 1. The maximum absolute atomic E-state index is 12.2. The van der Waals surface area contributed by atoms with E-state index in [1.54, 1.807) is 0 Å². The molecule has 0 aliphatic carbocycles. The molecular weight excluding hydrogens is 236 g/mol. The van der Waals surface area contributed by atoms with Crippen LogP contribution in [0.3, 0.4) is 0 Å². The third-order valence-corrected chi connectivity index (χ3v) is 2.94. The van der Waals surface area contributed by atoms with Crippen LogP contribution in [0.5, 0.6) is 0 Å². The molecule has 17 heavy (non-hydrogen) atoms. The van der Waals surface area contributed by atoms with Gasteiger partial charge in [-0.1, -0.05) is 27.7 Å². The standard InChI is InChI=1S/C13H26N2O.ClH/c1-5-8-15(11-6-7-14-10-11)12(16)9-13(2,3)4;/h11,14H,5-10H2,1-4H3;1H. The molecule has 1 N–H and O–H groups in total. The molecule has 1 aliphatic rings. The van der Waals surface area contributed by atoms with Gasteiger partial charge >= 0.3 is 0 Å². The van der Waals surface area contributed by atoms with Crippen LogP contribution in [0.1, 0.15) is 47.0 Å². The van der Waals surface area contributed by atoms with E-state index in [0.717, 1.165) is 32.5 Å². The molecule has 3 nitrogen and oxygen atoms in total. The lowest BCUT2D eigenvalue weighted by molar-refractivity contribution is -0.135. The third-order valence-electron chi connectivity index (χ3n) is 2.94. The van der Waals surface area contributed by atoms with Crippen LogP contribution < -0.4 is 5.32 Å². The van der Waals surface area contributed by atoms with E-state index in [9.17, 15) is 4.79 Å². The van der Waals surface area contributed by atoms with E-state index < -0.39 is 0 Å². The van der Waals surface area contributed by atoms with Gasteiger partial charge < -0.3 is 10.2 Å². The Bertz CT molecular complexity index is 232. The van der Waals surface area contributed by atoms with Crippen molar-refractivity contribution in [3.05, 3.63) is 0 Å². The summed E-state index contributed by atoms with van der Waals surface area (Å²) in [7, 11) is 0. The van der Waals surface area contributed by atoms with Crippen molar-refractivity contribution in [3.8, 4) is 0 Å². The summed E-state index contributed by atoms with van der Waals surface area (Å²) in [5.41, 5.74) is 0.0924. The molecule has 0 spiro atoms. The number of hydrogen-bond acceptors (Lipinski definition) is 2. The van der Waals surface area contributed by atoms with E-state index in [0.29, 0.717) is 18.4 Å². The largest absolute Gasteiger partial charge is 0.338 e. The van der Waals surface area contributed by atoms with E-state index in [1.807, 2.05) is 0 Å². The summed E-state index contributed by atoms with van der Waals surface area (Å²) < 4.78 is 0. The van der Waals surface area contributed by atoms with E-state index in [-0.39, 0.29) is 17.8 Å². The molecule has 1 unspecified atom stereocenters. The first kappa shape index (κ1) is 16.7. The number of halogens is 1. The van der Waals surface area contributed by atoms with Crippen molar-refractivity contribution in [3.63, 3.8) is 0 Å². The minimum Gasteiger partial charge on any atom is -0.338 e. The smallest absolute Gasteiger partial charge is 0.223 e. The molecule has 0 saturated carbocycles. The number of carbonyl (C=O) groups excluding carboxylic acids is 1. The molecule has 0 bridgehead atoms. The summed E-state index contributed by atoms with van der Waals surface area (Å²) in [6.07, 6.45) is 2.81. The van der Waals surface area contributed by atoms with E-state index >= 15 is 0 Å². The van der Waals surface area contributed by atoms with Crippen LogP contribution in [0.4, 0.5) is 0 Å². The summed E-state index contributed by atoms with van der Waals surface area (Å²) in [5.74, 6) is 0.322. The zero-order valence-corrected chi connectivity index (χ0v) is 12.4. The minimum absolute atomic E-state index is 0. The monoisotopic (exact) mass is 262 g/mol. The van der Waals surface area contributed by atoms with Gasteiger partial charge in [-0.3, -0.25) is 4.79 Å². The predicted molar refractivity (Wildman–Crippen MR) is 74.6 cm³/mol. The fourth-order valence-corrected chi connectivity index (χ4v) is 2.21. The molecule has 0 aromatic carbocycles. The van der Waals surface area contributed by atoms with Gasteiger partial charge in [-0.2, -0.15) is 0 Å². The molecule has 4 heteroatoms. The number of rotatable bonds is 4. The average Bonchev–Trinajstić information content (AvgIpc) is 2.63. The van der Waals surface area contributed by atoms with Crippen LogP contribution in [0, 0.1) is 5.41 Å². The highest BCUT2D eigenvalue weighted by molar-refractivity contribution is 5.85. The molecule has 0 aromatic heterocycles. The second kappa shape index (κ2) is 7.22. The fraction of sp³-hybridized carbons (Fsp3) is 0.923. The molecule has 1 atom stereocenters. The van der Waals surface area contributed by atoms with Gasteiger partial charge in [0, 0.05) is 25.6 Å². The first-order chi connectivity index (χ1) is 7.44. The quantitative estimate of drug-likeness (QED) is 0.844. The SMILES string of the molecule is CCCN(C(=O)CC(C)(C)C)C1CCNC1.Cl. The van der Waals surface area contributed by atoms with E-state index in [2.05, 4.69) is 37.9 Å². The Hall–Kier alpha value is -0.280. The molecule has 102 valence electrons. The molecular formula is C13H27ClN2O. The van der Waals surface area contributed by atoms with E-state index in [4.69, 9.17) is 0 Å². The molecule has 0 aromatic rings. The number of nitrogens with zero attached hydrogens (tertiary/aromatic N) is 1. The number of amides is 1. The molecule has 1 aliphatic heterocycles. The van der Waals surface area contributed by atoms with Gasteiger partial charge in [0.25, 0.3) is 0 Å². The van der Waals surface area contributed by atoms with Gasteiger partial charge in [-0.25, -0.2) is 0 Å². The Balaban J connectivity index is 0.00000256. The van der Waals surface area contributed by atoms with Crippen molar-refractivity contribution >= 4 is 18.3 Å². The van der Waals surface area contributed by atoms with Gasteiger partial charge in [-0.05, 0) is 24.8 Å². The van der Waals surface area contributed by atoms with Gasteiger partial charge in [0.05, 0.1) is 0 Å². The van der Waals surface area contributed by atoms with Crippen LogP contribution in [0.25, 0.3) is 0 Å². The number of hydrogen-bond donors (Lipinski definition) is 1. The molecule has 0 radical (unpaired) electrons. The van der Waals surface area contributed by atoms with Gasteiger partial charge in [-0.15, -0.1) is 12.4 Å². The summed E-state index contributed by atoms with van der Waals surface area (Å²) in [6.45, 7) is 11.4. The second-order valence-corrected chi connectivity index (χ2v) is 5.97. The van der Waals surface area contributed by atoms with Crippen LogP contribution in [0.2, 0.25) is 0 Å². The van der Waals surface area contributed by atoms with Crippen molar-refractivity contribution in [1.82, 2.24) is 10.2 Å². The predicted octanol–water partition coefficient (Wildman–Crippen LogP) is 2.44. The zero-order chi connectivity index (χ0) is 12.2. The topological polar surface area (TPSA) is 32.3 Å². The minimum atomic E-state index is 0. The van der Waals surface area contributed by atoms with Crippen molar-refractivity contribution in [1.29, 1.82) is 0 Å². The summed E-state index contributed by atoms with van der Waals surface area (Å²) >= 11 is 0. The number of carbonyl (C=O) groups is 1. The fourth-order valence-electron chi connectivity index (χ4n) is 2.21. The molecule has 1 saturated heterocycles. The van der Waals surface area contributed by atoms with Crippen LogP contribution in [-0.4, -0.2) is 36.5 Å². The average molecular weight is 263 g/mol. The van der Waals surface area contributed by atoms with Crippen molar-refractivity contribution in [2.24, 2.45) is 5.41 Å². The second-order valence-electron chi connectivity index (χ2n) is 5.97. The Kier molecular flexibility index (Phi) is 7.10. The normalized spacial score (nSPS) is 19.9. The maximum Gasteiger partial charge on any atom is 0.223 e. The summed E-state index contributed by atoms with van der Waals surface area (Å²) in [5, 5.41) is 3.34. The lowest BCUT2D eigenvalue weighted by Gasteiger charge is -2.31. The Morgan fingerprint density at radius 2 is 2.06 bits per heavy atom. The lowest BCUT2D eigenvalue weighted by atomic mass is 9.91. The van der Waals surface area contributed by atoms with Crippen LogP contribution in [-0.2, 0) is 4.79 Å².